The topological polar surface area (TPSA) is 30.0 Å². The molecule has 0 bridgehead atoms. The van der Waals surface area contributed by atoms with Crippen molar-refractivity contribution in [1.82, 2.24) is 4.98 Å². The van der Waals surface area contributed by atoms with E-state index in [1.165, 1.54) is 0 Å². The van der Waals surface area contributed by atoms with E-state index in [0.29, 0.717) is 6.42 Å². The van der Waals surface area contributed by atoms with Crippen molar-refractivity contribution in [3.8, 4) is 0 Å². The second-order valence-corrected chi connectivity index (χ2v) is 3.32. The largest absolute Gasteiger partial charge is 0.294 e. The number of pyridine rings is 1. The molecule has 0 atom stereocenters. The van der Waals surface area contributed by atoms with Gasteiger partial charge >= 0.3 is 0 Å². The molecule has 2 nitrogen and oxygen atoms in total. The van der Waals surface area contributed by atoms with Crippen LogP contribution in [0.15, 0.2) is 6.07 Å². The van der Waals surface area contributed by atoms with Crippen molar-refractivity contribution >= 4 is 5.78 Å². The summed E-state index contributed by atoms with van der Waals surface area (Å²) in [5.74, 6) is 0.183. The average Bonchev–Trinajstić information content (AvgIpc) is 2.02. The molecule has 0 aliphatic heterocycles. The Morgan fingerprint density at radius 3 is 2.46 bits per heavy atom. The molecule has 0 fully saturated rings. The first-order valence-electron chi connectivity index (χ1n) is 4.54. The van der Waals surface area contributed by atoms with Gasteiger partial charge in [-0.3, -0.25) is 9.78 Å². The molecule has 0 N–H and O–H groups in total. The minimum absolute atomic E-state index is 0.183. The molecule has 0 saturated heterocycles. The van der Waals surface area contributed by atoms with Gasteiger partial charge in [-0.05, 0) is 32.4 Å². The molecule has 0 radical (unpaired) electrons. The van der Waals surface area contributed by atoms with Gasteiger partial charge in [0, 0.05) is 23.4 Å². The normalized spacial score (nSPS) is 10.2. The van der Waals surface area contributed by atoms with Gasteiger partial charge in [0.25, 0.3) is 0 Å². The molecule has 0 aliphatic carbocycles. The van der Waals surface area contributed by atoms with Gasteiger partial charge < -0.3 is 0 Å². The molecular formula is C11H15NO. The van der Waals surface area contributed by atoms with Crippen LogP contribution in [0.25, 0.3) is 0 Å². The van der Waals surface area contributed by atoms with Gasteiger partial charge in [0.1, 0.15) is 0 Å². The molecule has 1 heterocycles. The molecule has 0 saturated carbocycles. The number of hydrogen-bond donors (Lipinski definition) is 0. The number of aromatic nitrogens is 1. The summed E-state index contributed by atoms with van der Waals surface area (Å²) in [5, 5.41) is 0. The number of nitrogens with zero attached hydrogens (tertiary/aromatic N) is 1. The highest BCUT2D eigenvalue weighted by Gasteiger charge is 2.11. The predicted octanol–water partition coefficient (Wildman–Crippen LogP) is 2.60. The first kappa shape index (κ1) is 9.90. The van der Waals surface area contributed by atoms with Crippen molar-refractivity contribution in [2.45, 2.75) is 34.1 Å². The van der Waals surface area contributed by atoms with Crippen LogP contribution in [0.5, 0.6) is 0 Å². The molecule has 2 heteroatoms. The van der Waals surface area contributed by atoms with Crippen LogP contribution >= 0.6 is 0 Å². The Balaban J connectivity index is 3.28. The summed E-state index contributed by atoms with van der Waals surface area (Å²) in [6.07, 6.45) is 0.548. The zero-order valence-corrected chi connectivity index (χ0v) is 8.64. The molecule has 0 aromatic carbocycles. The Labute approximate surface area is 79.0 Å². The van der Waals surface area contributed by atoms with E-state index in [-0.39, 0.29) is 5.78 Å². The third-order valence-corrected chi connectivity index (χ3v) is 2.13. The van der Waals surface area contributed by atoms with Gasteiger partial charge in [-0.2, -0.15) is 0 Å². The Bertz CT molecular complexity index is 319. The zero-order valence-electron chi connectivity index (χ0n) is 8.64. The van der Waals surface area contributed by atoms with Crippen LogP contribution in [0.3, 0.4) is 0 Å². The molecule has 0 amide bonds. The Morgan fingerprint density at radius 1 is 1.38 bits per heavy atom. The van der Waals surface area contributed by atoms with Gasteiger partial charge in [-0.25, -0.2) is 0 Å². The molecule has 0 unspecified atom stereocenters. The zero-order chi connectivity index (χ0) is 10.0. The Kier molecular flexibility index (Phi) is 2.81. The third-order valence-electron chi connectivity index (χ3n) is 2.13. The first-order chi connectivity index (χ1) is 6.06. The standard InChI is InChI=1S/C11H15NO/c1-5-10(13)11-7(2)6-8(3)12-9(11)4/h6H,5H2,1-4H3. The van der Waals surface area contributed by atoms with Crippen LogP contribution in [0.4, 0.5) is 0 Å². The summed E-state index contributed by atoms with van der Waals surface area (Å²) in [5.41, 5.74) is 3.66. The quantitative estimate of drug-likeness (QED) is 0.650. The second-order valence-electron chi connectivity index (χ2n) is 3.32. The van der Waals surface area contributed by atoms with Crippen molar-refractivity contribution in [2.24, 2.45) is 0 Å². The van der Waals surface area contributed by atoms with Crippen molar-refractivity contribution in [1.29, 1.82) is 0 Å². The predicted molar refractivity (Wildman–Crippen MR) is 53.1 cm³/mol. The molecule has 0 spiro atoms. The summed E-state index contributed by atoms with van der Waals surface area (Å²) in [6, 6.07) is 1.95. The van der Waals surface area contributed by atoms with E-state index in [0.717, 1.165) is 22.5 Å². The van der Waals surface area contributed by atoms with Crippen LogP contribution in [0, 0.1) is 20.8 Å². The summed E-state index contributed by atoms with van der Waals surface area (Å²) >= 11 is 0. The lowest BCUT2D eigenvalue weighted by Crippen LogP contribution is -2.05. The molecule has 0 aliphatic rings. The van der Waals surface area contributed by atoms with Gasteiger partial charge in [-0.1, -0.05) is 6.92 Å². The number of rotatable bonds is 2. The van der Waals surface area contributed by atoms with Crippen LogP contribution in [-0.4, -0.2) is 10.8 Å². The highest BCUT2D eigenvalue weighted by Crippen LogP contribution is 2.14. The second kappa shape index (κ2) is 3.69. The summed E-state index contributed by atoms with van der Waals surface area (Å²) in [4.78, 5) is 15.8. The maximum absolute atomic E-state index is 11.5. The number of Topliss-reactive ketones (excluding diaryl/α,β-unsaturated/α-hetero) is 1. The number of aryl methyl sites for hydroxylation is 3. The number of ketones is 1. The maximum atomic E-state index is 11.5. The van der Waals surface area contributed by atoms with Crippen LogP contribution in [0.1, 0.15) is 40.7 Å². The van der Waals surface area contributed by atoms with E-state index in [1.54, 1.807) is 0 Å². The minimum Gasteiger partial charge on any atom is -0.294 e. The molecule has 1 aromatic heterocycles. The van der Waals surface area contributed by atoms with Crippen molar-refractivity contribution < 1.29 is 4.79 Å². The van der Waals surface area contributed by atoms with Gasteiger partial charge in [0.05, 0.1) is 0 Å². The van der Waals surface area contributed by atoms with Crippen molar-refractivity contribution in [2.75, 3.05) is 0 Å². The first-order valence-corrected chi connectivity index (χ1v) is 4.54. The van der Waals surface area contributed by atoms with E-state index >= 15 is 0 Å². The third kappa shape index (κ3) is 1.94. The number of hydrogen-bond acceptors (Lipinski definition) is 2. The molecule has 1 aromatic rings. The average molecular weight is 177 g/mol. The summed E-state index contributed by atoms with van der Waals surface area (Å²) in [7, 11) is 0. The summed E-state index contributed by atoms with van der Waals surface area (Å²) in [6.45, 7) is 7.68. The highest BCUT2D eigenvalue weighted by atomic mass is 16.1. The molecule has 13 heavy (non-hydrogen) atoms. The lowest BCUT2D eigenvalue weighted by molar-refractivity contribution is 0.0986. The SMILES string of the molecule is CCC(=O)c1c(C)cc(C)nc1C. The number of carbonyl (C=O) groups is 1. The maximum Gasteiger partial charge on any atom is 0.164 e. The van der Waals surface area contributed by atoms with Crippen molar-refractivity contribution in [3.63, 3.8) is 0 Å². The fraction of sp³-hybridized carbons (Fsp3) is 0.455. The van der Waals surface area contributed by atoms with Gasteiger partial charge in [0.15, 0.2) is 5.78 Å². The highest BCUT2D eigenvalue weighted by molar-refractivity contribution is 5.98. The van der Waals surface area contributed by atoms with E-state index < -0.39 is 0 Å². The van der Waals surface area contributed by atoms with Crippen LogP contribution in [-0.2, 0) is 0 Å². The summed E-state index contributed by atoms with van der Waals surface area (Å²) < 4.78 is 0. The molecular weight excluding hydrogens is 162 g/mol. The van der Waals surface area contributed by atoms with Crippen LogP contribution in [0.2, 0.25) is 0 Å². The lowest BCUT2D eigenvalue weighted by atomic mass is 10.0. The van der Waals surface area contributed by atoms with Crippen LogP contribution < -0.4 is 0 Å². The molecule has 1 rings (SSSR count). The Hall–Kier alpha value is -1.18. The Morgan fingerprint density at radius 2 is 2.00 bits per heavy atom. The molecule has 70 valence electrons. The van der Waals surface area contributed by atoms with E-state index in [2.05, 4.69) is 4.98 Å². The smallest absolute Gasteiger partial charge is 0.164 e. The van der Waals surface area contributed by atoms with E-state index in [4.69, 9.17) is 0 Å². The minimum atomic E-state index is 0.183. The van der Waals surface area contributed by atoms with Gasteiger partial charge in [0.2, 0.25) is 0 Å². The monoisotopic (exact) mass is 177 g/mol. The van der Waals surface area contributed by atoms with E-state index in [9.17, 15) is 4.79 Å². The van der Waals surface area contributed by atoms with Gasteiger partial charge in [-0.15, -0.1) is 0 Å². The lowest BCUT2D eigenvalue weighted by Gasteiger charge is -2.07. The number of carbonyl (C=O) groups excluding carboxylic acids is 1. The fourth-order valence-electron chi connectivity index (χ4n) is 1.62. The van der Waals surface area contributed by atoms with E-state index in [1.807, 2.05) is 33.8 Å². The fourth-order valence-corrected chi connectivity index (χ4v) is 1.62. The van der Waals surface area contributed by atoms with Crippen molar-refractivity contribution in [3.05, 3.63) is 28.6 Å².